The Morgan fingerprint density at radius 2 is 1.95 bits per heavy atom. The first kappa shape index (κ1) is 14.4. The average Bonchev–Trinajstić information content (AvgIpc) is 2.88. The predicted molar refractivity (Wildman–Crippen MR) is 77.9 cm³/mol. The third-order valence-electron chi connectivity index (χ3n) is 3.80. The molecular weight excluding hydrogens is 256 g/mol. The minimum atomic E-state index is -0.871. The van der Waals surface area contributed by atoms with Crippen LogP contribution in [0.5, 0.6) is 0 Å². The van der Waals surface area contributed by atoms with Crippen LogP contribution in [0.3, 0.4) is 0 Å². The molecule has 0 radical (unpaired) electrons. The van der Waals surface area contributed by atoms with E-state index in [2.05, 4.69) is 5.32 Å². The van der Waals surface area contributed by atoms with Gasteiger partial charge in [-0.05, 0) is 31.0 Å². The Morgan fingerprint density at radius 3 is 2.60 bits per heavy atom. The number of nitrogens with zero attached hydrogens (tertiary/aromatic N) is 1. The van der Waals surface area contributed by atoms with Crippen molar-refractivity contribution in [3.63, 3.8) is 0 Å². The van der Waals surface area contributed by atoms with Gasteiger partial charge in [0.15, 0.2) is 0 Å². The van der Waals surface area contributed by atoms with Gasteiger partial charge in [0.2, 0.25) is 5.91 Å². The lowest BCUT2D eigenvalue weighted by molar-refractivity contribution is -0.145. The molecule has 1 saturated carbocycles. The normalized spacial score (nSPS) is 21.5. The molecule has 5 heteroatoms. The summed E-state index contributed by atoms with van der Waals surface area (Å²) in [7, 11) is 3.86. The lowest BCUT2D eigenvalue weighted by Crippen LogP contribution is -2.30. The predicted octanol–water partition coefficient (Wildman–Crippen LogP) is 2.19. The van der Waals surface area contributed by atoms with Crippen LogP contribution >= 0.6 is 0 Å². The van der Waals surface area contributed by atoms with Crippen LogP contribution in [0.1, 0.15) is 19.3 Å². The van der Waals surface area contributed by atoms with Crippen molar-refractivity contribution >= 4 is 23.3 Å². The largest absolute Gasteiger partial charge is 0.481 e. The molecule has 0 unspecified atom stereocenters. The number of carboxylic acids is 1. The van der Waals surface area contributed by atoms with E-state index in [1.165, 1.54) is 0 Å². The van der Waals surface area contributed by atoms with Gasteiger partial charge in [0, 0.05) is 25.5 Å². The standard InChI is InChI=1S/C15H20N2O3/c1-17(2)11-6-3-5-10(9-11)16-14(18)12-7-4-8-13(12)15(19)20/h3,5-6,9,12-13H,4,7-8H2,1-2H3,(H,16,18)(H,19,20)/t12-,13+/m1/s1. The summed E-state index contributed by atoms with van der Waals surface area (Å²) >= 11 is 0. The highest BCUT2D eigenvalue weighted by atomic mass is 16.4. The fourth-order valence-electron chi connectivity index (χ4n) is 2.67. The van der Waals surface area contributed by atoms with Gasteiger partial charge >= 0.3 is 5.97 Å². The van der Waals surface area contributed by atoms with Gasteiger partial charge < -0.3 is 15.3 Å². The lowest BCUT2D eigenvalue weighted by Gasteiger charge is -2.17. The first-order valence-corrected chi connectivity index (χ1v) is 6.80. The monoisotopic (exact) mass is 276 g/mol. The molecule has 0 spiro atoms. The summed E-state index contributed by atoms with van der Waals surface area (Å²) < 4.78 is 0. The van der Waals surface area contributed by atoms with E-state index in [0.29, 0.717) is 18.5 Å². The van der Waals surface area contributed by atoms with Crippen molar-refractivity contribution in [3.8, 4) is 0 Å². The number of aliphatic carboxylic acids is 1. The Hall–Kier alpha value is -2.04. The maximum Gasteiger partial charge on any atom is 0.307 e. The molecular formula is C15H20N2O3. The molecule has 1 aliphatic carbocycles. The highest BCUT2D eigenvalue weighted by molar-refractivity contribution is 5.95. The van der Waals surface area contributed by atoms with Crippen LogP contribution in [-0.2, 0) is 9.59 Å². The molecule has 0 saturated heterocycles. The molecule has 2 atom stereocenters. The molecule has 0 aliphatic heterocycles. The zero-order valence-corrected chi connectivity index (χ0v) is 11.8. The smallest absolute Gasteiger partial charge is 0.307 e. The second kappa shape index (κ2) is 5.94. The Balaban J connectivity index is 2.08. The molecule has 2 N–H and O–H groups in total. The molecule has 1 aliphatic rings. The maximum absolute atomic E-state index is 12.2. The molecule has 2 rings (SSSR count). The summed E-state index contributed by atoms with van der Waals surface area (Å²) in [5, 5.41) is 12.0. The third kappa shape index (κ3) is 3.10. The molecule has 108 valence electrons. The van der Waals surface area contributed by atoms with E-state index >= 15 is 0 Å². The number of carboxylic acid groups (broad SMARTS) is 1. The van der Waals surface area contributed by atoms with E-state index in [-0.39, 0.29) is 5.91 Å². The zero-order valence-electron chi connectivity index (χ0n) is 11.8. The minimum absolute atomic E-state index is 0.189. The summed E-state index contributed by atoms with van der Waals surface area (Å²) in [6.45, 7) is 0. The van der Waals surface area contributed by atoms with Crippen molar-refractivity contribution in [2.24, 2.45) is 11.8 Å². The van der Waals surface area contributed by atoms with Crippen molar-refractivity contribution in [2.45, 2.75) is 19.3 Å². The number of nitrogens with one attached hydrogen (secondary N) is 1. The van der Waals surface area contributed by atoms with Crippen LogP contribution in [0.25, 0.3) is 0 Å². The average molecular weight is 276 g/mol. The van der Waals surface area contributed by atoms with Crippen molar-refractivity contribution in [1.29, 1.82) is 0 Å². The summed E-state index contributed by atoms with van der Waals surface area (Å²) in [5.74, 6) is -2.03. The quantitative estimate of drug-likeness (QED) is 0.884. The van der Waals surface area contributed by atoms with E-state index in [1.54, 1.807) is 0 Å². The van der Waals surface area contributed by atoms with Gasteiger partial charge in [-0.1, -0.05) is 12.5 Å². The van der Waals surface area contributed by atoms with Gasteiger partial charge in [-0.15, -0.1) is 0 Å². The first-order chi connectivity index (χ1) is 9.49. The number of benzene rings is 1. The number of carbonyl (C=O) groups excluding carboxylic acids is 1. The molecule has 0 aromatic heterocycles. The van der Waals surface area contributed by atoms with Gasteiger partial charge in [0.1, 0.15) is 0 Å². The van der Waals surface area contributed by atoms with Crippen LogP contribution in [0, 0.1) is 11.8 Å². The van der Waals surface area contributed by atoms with Crippen LogP contribution in [0.15, 0.2) is 24.3 Å². The summed E-state index contributed by atoms with van der Waals surface area (Å²) in [4.78, 5) is 25.3. The summed E-state index contributed by atoms with van der Waals surface area (Å²) in [5.41, 5.74) is 1.70. The molecule has 1 aromatic rings. The number of carbonyl (C=O) groups is 2. The van der Waals surface area contributed by atoms with Crippen molar-refractivity contribution in [1.82, 2.24) is 0 Å². The van der Waals surface area contributed by atoms with Crippen molar-refractivity contribution in [3.05, 3.63) is 24.3 Å². The SMILES string of the molecule is CN(C)c1cccc(NC(=O)[C@@H]2CCC[C@@H]2C(=O)O)c1. The topological polar surface area (TPSA) is 69.6 Å². The number of hydrogen-bond donors (Lipinski definition) is 2. The Morgan fingerprint density at radius 1 is 1.25 bits per heavy atom. The van der Waals surface area contributed by atoms with E-state index in [4.69, 9.17) is 5.11 Å². The van der Waals surface area contributed by atoms with Gasteiger partial charge in [-0.2, -0.15) is 0 Å². The summed E-state index contributed by atoms with van der Waals surface area (Å²) in [6.07, 6.45) is 2.04. The van der Waals surface area contributed by atoms with E-state index in [9.17, 15) is 9.59 Å². The second-order valence-corrected chi connectivity index (χ2v) is 5.42. The van der Waals surface area contributed by atoms with E-state index in [0.717, 1.165) is 12.1 Å². The van der Waals surface area contributed by atoms with Gasteiger partial charge in [-0.3, -0.25) is 9.59 Å². The van der Waals surface area contributed by atoms with Crippen LogP contribution in [0.4, 0.5) is 11.4 Å². The summed E-state index contributed by atoms with van der Waals surface area (Å²) in [6, 6.07) is 7.51. The van der Waals surface area contributed by atoms with Gasteiger partial charge in [0.25, 0.3) is 0 Å². The molecule has 1 amide bonds. The molecule has 0 heterocycles. The fraction of sp³-hybridized carbons (Fsp3) is 0.467. The fourth-order valence-corrected chi connectivity index (χ4v) is 2.67. The highest BCUT2D eigenvalue weighted by Crippen LogP contribution is 2.33. The number of amides is 1. The van der Waals surface area contributed by atoms with Gasteiger partial charge in [0.05, 0.1) is 11.8 Å². The molecule has 5 nitrogen and oxygen atoms in total. The zero-order chi connectivity index (χ0) is 14.7. The van der Waals surface area contributed by atoms with E-state index < -0.39 is 17.8 Å². The number of rotatable bonds is 4. The minimum Gasteiger partial charge on any atom is -0.481 e. The Bertz CT molecular complexity index is 514. The molecule has 1 fully saturated rings. The van der Waals surface area contributed by atoms with Crippen molar-refractivity contribution in [2.75, 3.05) is 24.3 Å². The number of hydrogen-bond acceptors (Lipinski definition) is 3. The maximum atomic E-state index is 12.2. The van der Waals surface area contributed by atoms with Crippen LogP contribution in [-0.4, -0.2) is 31.1 Å². The van der Waals surface area contributed by atoms with Gasteiger partial charge in [-0.25, -0.2) is 0 Å². The highest BCUT2D eigenvalue weighted by Gasteiger charge is 2.37. The first-order valence-electron chi connectivity index (χ1n) is 6.80. The van der Waals surface area contributed by atoms with Crippen LogP contribution < -0.4 is 10.2 Å². The Kier molecular flexibility index (Phi) is 4.27. The Labute approximate surface area is 118 Å². The second-order valence-electron chi connectivity index (χ2n) is 5.42. The van der Waals surface area contributed by atoms with E-state index in [1.807, 2.05) is 43.3 Å². The van der Waals surface area contributed by atoms with Crippen LogP contribution in [0.2, 0.25) is 0 Å². The third-order valence-corrected chi connectivity index (χ3v) is 3.80. The molecule has 20 heavy (non-hydrogen) atoms. The van der Waals surface area contributed by atoms with Crippen molar-refractivity contribution < 1.29 is 14.7 Å². The molecule has 0 bridgehead atoms. The number of anilines is 2. The molecule has 1 aromatic carbocycles. The lowest BCUT2D eigenvalue weighted by atomic mass is 9.95.